The van der Waals surface area contributed by atoms with E-state index in [1.54, 1.807) is 0 Å². The second-order valence-electron chi connectivity index (χ2n) is 5.67. The van der Waals surface area contributed by atoms with E-state index in [1.165, 1.54) is 23.3 Å². The van der Waals surface area contributed by atoms with E-state index < -0.39 is 13.7 Å². The van der Waals surface area contributed by atoms with Gasteiger partial charge < -0.3 is 5.11 Å². The maximum atomic E-state index is 10.4. The summed E-state index contributed by atoms with van der Waals surface area (Å²) < 4.78 is 0. The molecular weight excluding hydrogens is 212 g/mol. The van der Waals surface area contributed by atoms with Crippen molar-refractivity contribution >= 4 is 8.07 Å². The molecule has 0 aromatic heterocycles. The van der Waals surface area contributed by atoms with Gasteiger partial charge in [-0.3, -0.25) is 0 Å². The molecule has 16 heavy (non-hydrogen) atoms. The van der Waals surface area contributed by atoms with Gasteiger partial charge in [0.1, 0.15) is 0 Å². The van der Waals surface area contributed by atoms with Gasteiger partial charge in [0.05, 0.1) is 13.7 Å². The number of hydrogen-bond acceptors (Lipinski definition) is 1. The van der Waals surface area contributed by atoms with Crippen LogP contribution >= 0.6 is 0 Å². The van der Waals surface area contributed by atoms with Crippen molar-refractivity contribution in [2.75, 3.05) is 0 Å². The molecule has 1 saturated carbocycles. The van der Waals surface area contributed by atoms with Gasteiger partial charge in [0, 0.05) is 5.92 Å². The fourth-order valence-electron chi connectivity index (χ4n) is 3.50. The van der Waals surface area contributed by atoms with Crippen molar-refractivity contribution < 1.29 is 5.11 Å². The summed E-state index contributed by atoms with van der Waals surface area (Å²) in [5.74, 6) is 0.374. The van der Waals surface area contributed by atoms with Crippen LogP contribution in [0, 0.1) is 5.92 Å². The Morgan fingerprint density at radius 2 is 1.81 bits per heavy atom. The fraction of sp³-hybridized carbons (Fsp3) is 0.857. The molecule has 1 aliphatic rings. The Kier molecular flexibility index (Phi) is 4.41. The lowest BCUT2D eigenvalue weighted by Gasteiger charge is -2.38. The molecule has 1 nitrogen and oxygen atoms in total. The number of hydrogen-bond donors (Lipinski definition) is 1. The second kappa shape index (κ2) is 5.05. The van der Waals surface area contributed by atoms with Crippen molar-refractivity contribution in [2.45, 2.75) is 70.7 Å². The van der Waals surface area contributed by atoms with Crippen LogP contribution in [0.5, 0.6) is 0 Å². The minimum Gasteiger partial charge on any atom is -0.390 e. The van der Waals surface area contributed by atoms with Gasteiger partial charge in [-0.2, -0.15) is 0 Å². The maximum Gasteiger partial charge on any atom is 0.0804 e. The Hall–Kier alpha value is -0.0831. The van der Waals surface area contributed by atoms with Gasteiger partial charge in [-0.1, -0.05) is 44.1 Å². The van der Waals surface area contributed by atoms with E-state index in [2.05, 4.69) is 27.4 Å². The molecule has 0 aliphatic heterocycles. The van der Waals surface area contributed by atoms with Crippen LogP contribution in [0.15, 0.2) is 11.8 Å². The highest BCUT2D eigenvalue weighted by atomic mass is 28.3. The summed E-state index contributed by atoms with van der Waals surface area (Å²) in [5, 5.41) is 11.9. The number of rotatable bonds is 5. The third kappa shape index (κ3) is 2.28. The Labute approximate surface area is 102 Å². The number of aliphatic hydroxyl groups is 1. The Bertz CT molecular complexity index is 245. The minimum atomic E-state index is -1.33. The van der Waals surface area contributed by atoms with Crippen LogP contribution in [0.2, 0.25) is 18.1 Å². The zero-order valence-electron chi connectivity index (χ0n) is 11.5. The summed E-state index contributed by atoms with van der Waals surface area (Å²) in [7, 11) is -1.33. The lowest BCUT2D eigenvalue weighted by molar-refractivity contribution is 0.0369. The molecule has 1 aliphatic carbocycles. The molecule has 1 fully saturated rings. The average Bonchev–Trinajstić information content (AvgIpc) is 2.61. The first-order valence-corrected chi connectivity index (χ1v) is 9.47. The summed E-state index contributed by atoms with van der Waals surface area (Å²) >= 11 is 0. The standard InChI is InChI=1S/C14H28OSi/c1-6-16(7-2,8-3)12(4)13-10-9-11-14(13,5)15/h13,15H,4,6-11H2,1-3,5H3. The zero-order valence-corrected chi connectivity index (χ0v) is 12.5. The summed E-state index contributed by atoms with van der Waals surface area (Å²) in [4.78, 5) is 0. The molecule has 2 heteroatoms. The molecule has 0 radical (unpaired) electrons. The van der Waals surface area contributed by atoms with Crippen LogP contribution in [0.25, 0.3) is 0 Å². The molecule has 0 aromatic carbocycles. The first-order valence-electron chi connectivity index (χ1n) is 6.85. The van der Waals surface area contributed by atoms with Crippen LogP contribution < -0.4 is 0 Å². The third-order valence-corrected chi connectivity index (χ3v) is 10.8. The molecule has 0 amide bonds. The average molecular weight is 240 g/mol. The topological polar surface area (TPSA) is 20.2 Å². The van der Waals surface area contributed by atoms with Crippen LogP contribution in [-0.4, -0.2) is 18.8 Å². The van der Waals surface area contributed by atoms with Crippen molar-refractivity contribution in [3.05, 3.63) is 11.8 Å². The van der Waals surface area contributed by atoms with Crippen LogP contribution in [0.1, 0.15) is 47.0 Å². The predicted octanol–water partition coefficient (Wildman–Crippen LogP) is 4.14. The van der Waals surface area contributed by atoms with E-state index in [4.69, 9.17) is 0 Å². The Balaban J connectivity index is 2.91. The molecule has 1 rings (SSSR count). The van der Waals surface area contributed by atoms with Gasteiger partial charge in [-0.15, -0.1) is 6.58 Å². The molecule has 2 atom stereocenters. The molecule has 0 saturated heterocycles. The van der Waals surface area contributed by atoms with Crippen LogP contribution in [0.4, 0.5) is 0 Å². The van der Waals surface area contributed by atoms with E-state index in [-0.39, 0.29) is 0 Å². The van der Waals surface area contributed by atoms with Crippen molar-refractivity contribution in [1.29, 1.82) is 0 Å². The van der Waals surface area contributed by atoms with E-state index >= 15 is 0 Å². The summed E-state index contributed by atoms with van der Waals surface area (Å²) in [6, 6.07) is 3.85. The molecule has 0 spiro atoms. The molecular formula is C14H28OSi. The van der Waals surface area contributed by atoms with Gasteiger partial charge in [0.15, 0.2) is 0 Å². The highest BCUT2D eigenvalue weighted by Gasteiger charge is 2.44. The van der Waals surface area contributed by atoms with Gasteiger partial charge in [0.25, 0.3) is 0 Å². The zero-order chi connectivity index (χ0) is 12.4. The molecule has 0 bridgehead atoms. The highest BCUT2D eigenvalue weighted by Crippen LogP contribution is 2.44. The van der Waals surface area contributed by atoms with Gasteiger partial charge in [0.2, 0.25) is 0 Å². The highest BCUT2D eigenvalue weighted by molar-refractivity contribution is 6.86. The Morgan fingerprint density at radius 3 is 2.12 bits per heavy atom. The predicted molar refractivity (Wildman–Crippen MR) is 74.3 cm³/mol. The van der Waals surface area contributed by atoms with Crippen LogP contribution in [-0.2, 0) is 0 Å². The first-order chi connectivity index (χ1) is 7.43. The lowest BCUT2D eigenvalue weighted by atomic mass is 9.93. The second-order valence-corrected chi connectivity index (χ2v) is 11.0. The van der Waals surface area contributed by atoms with Crippen LogP contribution in [0.3, 0.4) is 0 Å². The quantitative estimate of drug-likeness (QED) is 0.716. The normalized spacial score (nSPS) is 30.7. The Morgan fingerprint density at radius 1 is 1.31 bits per heavy atom. The van der Waals surface area contributed by atoms with E-state index in [0.29, 0.717) is 5.92 Å². The van der Waals surface area contributed by atoms with Gasteiger partial charge in [-0.05, 0) is 26.2 Å². The smallest absolute Gasteiger partial charge is 0.0804 e. The van der Waals surface area contributed by atoms with E-state index in [1.807, 2.05) is 6.92 Å². The van der Waals surface area contributed by atoms with Crippen molar-refractivity contribution in [2.24, 2.45) is 5.92 Å². The van der Waals surface area contributed by atoms with Gasteiger partial charge >= 0.3 is 0 Å². The SMILES string of the molecule is C=C(C1CCCC1(C)O)[Si](CC)(CC)CC. The monoisotopic (exact) mass is 240 g/mol. The summed E-state index contributed by atoms with van der Waals surface area (Å²) in [6.07, 6.45) is 3.28. The van der Waals surface area contributed by atoms with E-state index in [9.17, 15) is 5.11 Å². The van der Waals surface area contributed by atoms with Gasteiger partial charge in [-0.25, -0.2) is 0 Å². The molecule has 0 heterocycles. The third-order valence-electron chi connectivity index (χ3n) is 5.06. The molecule has 0 aromatic rings. The lowest BCUT2D eigenvalue weighted by Crippen LogP contribution is -2.43. The minimum absolute atomic E-state index is 0.374. The largest absolute Gasteiger partial charge is 0.390 e. The van der Waals surface area contributed by atoms with E-state index in [0.717, 1.165) is 19.3 Å². The molecule has 94 valence electrons. The molecule has 1 N–H and O–H groups in total. The fourth-order valence-corrected chi connectivity index (χ4v) is 7.56. The summed E-state index contributed by atoms with van der Waals surface area (Å²) in [5.41, 5.74) is -0.477. The van der Waals surface area contributed by atoms with Crippen molar-refractivity contribution in [3.63, 3.8) is 0 Å². The first kappa shape index (κ1) is 14.0. The summed E-state index contributed by atoms with van der Waals surface area (Å²) in [6.45, 7) is 13.4. The molecule has 2 unspecified atom stereocenters. The van der Waals surface area contributed by atoms with Crippen molar-refractivity contribution in [1.82, 2.24) is 0 Å². The van der Waals surface area contributed by atoms with Crippen molar-refractivity contribution in [3.8, 4) is 0 Å². The maximum absolute atomic E-state index is 10.4.